The highest BCUT2D eigenvalue weighted by molar-refractivity contribution is 5.80. The van der Waals surface area contributed by atoms with Crippen molar-refractivity contribution in [2.75, 3.05) is 6.61 Å². The van der Waals surface area contributed by atoms with Gasteiger partial charge in [-0.05, 0) is 6.42 Å². The SMILES string of the molecule is CCC1=[N+]([O-])C(CC)(CCCO)CC1. The zero-order valence-corrected chi connectivity index (χ0v) is 9.25. The van der Waals surface area contributed by atoms with Gasteiger partial charge < -0.3 is 10.3 Å². The Kier molecular flexibility index (Phi) is 3.93. The molecule has 82 valence electrons. The van der Waals surface area contributed by atoms with Gasteiger partial charge in [0.15, 0.2) is 11.3 Å². The third-order valence-corrected chi connectivity index (χ3v) is 3.46. The van der Waals surface area contributed by atoms with E-state index in [-0.39, 0.29) is 12.1 Å². The average Bonchev–Trinajstić information content (AvgIpc) is 2.53. The van der Waals surface area contributed by atoms with Crippen LogP contribution < -0.4 is 0 Å². The molecular weight excluding hydrogens is 178 g/mol. The molecule has 0 aliphatic carbocycles. The zero-order chi connectivity index (χ0) is 10.6. The van der Waals surface area contributed by atoms with Gasteiger partial charge in [0, 0.05) is 38.7 Å². The van der Waals surface area contributed by atoms with Gasteiger partial charge in [0.25, 0.3) is 0 Å². The van der Waals surface area contributed by atoms with Crippen molar-refractivity contribution >= 4 is 5.71 Å². The van der Waals surface area contributed by atoms with E-state index in [2.05, 4.69) is 6.92 Å². The number of aliphatic hydroxyl groups is 1. The van der Waals surface area contributed by atoms with E-state index in [4.69, 9.17) is 5.11 Å². The van der Waals surface area contributed by atoms with Crippen LogP contribution in [0.25, 0.3) is 0 Å². The average molecular weight is 199 g/mol. The van der Waals surface area contributed by atoms with E-state index in [0.29, 0.717) is 0 Å². The summed E-state index contributed by atoms with van der Waals surface area (Å²) < 4.78 is 1.24. The van der Waals surface area contributed by atoms with Crippen LogP contribution in [0.1, 0.15) is 52.4 Å². The predicted molar refractivity (Wildman–Crippen MR) is 57.5 cm³/mol. The lowest BCUT2D eigenvalue weighted by molar-refractivity contribution is -0.544. The van der Waals surface area contributed by atoms with Crippen molar-refractivity contribution in [3.63, 3.8) is 0 Å². The molecule has 0 saturated carbocycles. The molecule has 0 aromatic rings. The molecule has 1 rings (SSSR count). The summed E-state index contributed by atoms with van der Waals surface area (Å²) in [4.78, 5) is 0. The lowest BCUT2D eigenvalue weighted by Crippen LogP contribution is -2.36. The molecule has 1 heterocycles. The van der Waals surface area contributed by atoms with E-state index in [1.807, 2.05) is 6.92 Å². The third-order valence-electron chi connectivity index (χ3n) is 3.46. The van der Waals surface area contributed by atoms with E-state index in [1.54, 1.807) is 0 Å². The molecule has 0 aromatic carbocycles. The number of nitrogens with zero attached hydrogens (tertiary/aromatic N) is 1. The van der Waals surface area contributed by atoms with E-state index in [9.17, 15) is 5.21 Å². The maximum Gasteiger partial charge on any atom is 0.173 e. The van der Waals surface area contributed by atoms with E-state index < -0.39 is 0 Å². The molecular formula is C11H21NO2. The van der Waals surface area contributed by atoms with Gasteiger partial charge in [0.2, 0.25) is 0 Å². The monoisotopic (exact) mass is 199 g/mol. The smallest absolute Gasteiger partial charge is 0.173 e. The van der Waals surface area contributed by atoms with Gasteiger partial charge in [0.1, 0.15) is 0 Å². The Morgan fingerprint density at radius 3 is 2.64 bits per heavy atom. The van der Waals surface area contributed by atoms with Crippen molar-refractivity contribution < 1.29 is 9.85 Å². The summed E-state index contributed by atoms with van der Waals surface area (Å²) in [6, 6.07) is 0. The first-order valence-corrected chi connectivity index (χ1v) is 5.63. The van der Waals surface area contributed by atoms with E-state index in [1.165, 1.54) is 4.74 Å². The molecule has 0 aromatic heterocycles. The van der Waals surface area contributed by atoms with Crippen LogP contribution in [0.15, 0.2) is 0 Å². The van der Waals surface area contributed by atoms with Crippen LogP contribution in [0.2, 0.25) is 0 Å². The summed E-state index contributed by atoms with van der Waals surface area (Å²) in [5, 5.41) is 20.8. The lowest BCUT2D eigenvalue weighted by atomic mass is 9.88. The summed E-state index contributed by atoms with van der Waals surface area (Å²) in [5.74, 6) is 0. The predicted octanol–water partition coefficient (Wildman–Crippen LogP) is 2.06. The van der Waals surface area contributed by atoms with Crippen molar-refractivity contribution in [1.29, 1.82) is 0 Å². The summed E-state index contributed by atoms with van der Waals surface area (Å²) >= 11 is 0. The Bertz CT molecular complexity index is 225. The van der Waals surface area contributed by atoms with Crippen LogP contribution in [0.4, 0.5) is 0 Å². The molecule has 1 aliphatic rings. The van der Waals surface area contributed by atoms with Crippen LogP contribution in [0.5, 0.6) is 0 Å². The van der Waals surface area contributed by atoms with Gasteiger partial charge in [-0.2, -0.15) is 0 Å². The summed E-state index contributed by atoms with van der Waals surface area (Å²) in [7, 11) is 0. The van der Waals surface area contributed by atoms with Gasteiger partial charge in [-0.1, -0.05) is 13.8 Å². The van der Waals surface area contributed by atoms with Crippen LogP contribution in [-0.2, 0) is 0 Å². The Hall–Kier alpha value is -0.570. The number of hydroxylamine groups is 1. The Morgan fingerprint density at radius 2 is 2.21 bits per heavy atom. The molecule has 1 aliphatic heterocycles. The minimum Gasteiger partial charge on any atom is -0.623 e. The first-order valence-electron chi connectivity index (χ1n) is 5.63. The fraction of sp³-hybridized carbons (Fsp3) is 0.909. The number of hydrogen-bond donors (Lipinski definition) is 1. The normalized spacial score (nSPS) is 27.4. The fourth-order valence-electron chi connectivity index (χ4n) is 2.37. The zero-order valence-electron chi connectivity index (χ0n) is 9.25. The van der Waals surface area contributed by atoms with Crippen LogP contribution in [0, 0.1) is 5.21 Å². The van der Waals surface area contributed by atoms with E-state index in [0.717, 1.165) is 44.2 Å². The first-order chi connectivity index (χ1) is 6.70. The second-order valence-corrected chi connectivity index (χ2v) is 4.12. The Labute approximate surface area is 86.0 Å². The van der Waals surface area contributed by atoms with Crippen LogP contribution in [0.3, 0.4) is 0 Å². The third kappa shape index (κ3) is 1.92. The van der Waals surface area contributed by atoms with Gasteiger partial charge in [0.05, 0.1) is 0 Å². The maximum atomic E-state index is 12.0. The van der Waals surface area contributed by atoms with Gasteiger partial charge in [-0.15, -0.1) is 0 Å². The molecule has 3 heteroatoms. The molecule has 0 radical (unpaired) electrons. The van der Waals surface area contributed by atoms with Gasteiger partial charge in [-0.25, -0.2) is 4.74 Å². The molecule has 0 bridgehead atoms. The molecule has 14 heavy (non-hydrogen) atoms. The Morgan fingerprint density at radius 1 is 1.50 bits per heavy atom. The molecule has 0 saturated heterocycles. The van der Waals surface area contributed by atoms with Crippen molar-refractivity contribution in [1.82, 2.24) is 0 Å². The van der Waals surface area contributed by atoms with Gasteiger partial charge >= 0.3 is 0 Å². The first kappa shape index (κ1) is 11.5. The minimum atomic E-state index is -0.200. The highest BCUT2D eigenvalue weighted by Crippen LogP contribution is 2.33. The fourth-order valence-corrected chi connectivity index (χ4v) is 2.37. The van der Waals surface area contributed by atoms with Crippen LogP contribution >= 0.6 is 0 Å². The molecule has 0 amide bonds. The summed E-state index contributed by atoms with van der Waals surface area (Å²) in [6.45, 7) is 4.30. The minimum absolute atomic E-state index is 0.192. The van der Waals surface area contributed by atoms with Crippen molar-refractivity contribution in [3.05, 3.63) is 5.21 Å². The van der Waals surface area contributed by atoms with Crippen molar-refractivity contribution in [3.8, 4) is 0 Å². The highest BCUT2D eigenvalue weighted by Gasteiger charge is 2.42. The van der Waals surface area contributed by atoms with Crippen molar-refractivity contribution in [2.45, 2.75) is 57.9 Å². The van der Waals surface area contributed by atoms with Crippen LogP contribution in [-0.4, -0.2) is 27.7 Å². The largest absolute Gasteiger partial charge is 0.623 e. The van der Waals surface area contributed by atoms with Crippen molar-refractivity contribution in [2.24, 2.45) is 0 Å². The molecule has 1 atom stereocenters. The standard InChI is InChI=1S/C11H21NO2/c1-3-10-6-8-11(4-2,12(10)14)7-5-9-13/h13H,3-9H2,1-2H3. The molecule has 3 nitrogen and oxygen atoms in total. The number of aliphatic hydroxyl groups excluding tert-OH is 1. The lowest BCUT2D eigenvalue weighted by Gasteiger charge is -2.26. The second kappa shape index (κ2) is 4.78. The number of hydrogen-bond acceptors (Lipinski definition) is 2. The molecule has 1 unspecified atom stereocenters. The topological polar surface area (TPSA) is 46.3 Å². The van der Waals surface area contributed by atoms with Gasteiger partial charge in [-0.3, -0.25) is 0 Å². The quantitative estimate of drug-likeness (QED) is 0.544. The maximum absolute atomic E-state index is 12.0. The van der Waals surface area contributed by atoms with E-state index >= 15 is 0 Å². The molecule has 0 fully saturated rings. The summed E-state index contributed by atoms with van der Waals surface area (Å²) in [5.41, 5.74) is 0.832. The number of rotatable bonds is 5. The summed E-state index contributed by atoms with van der Waals surface area (Å²) in [6.07, 6.45) is 5.23. The Balaban J connectivity index is 2.76. The molecule has 1 N–H and O–H groups in total. The molecule has 0 spiro atoms. The highest BCUT2D eigenvalue weighted by atomic mass is 16.5. The second-order valence-electron chi connectivity index (χ2n) is 4.12.